The fraction of sp³-hybridized carbons (Fsp3) is 0.571. The van der Waals surface area contributed by atoms with Crippen molar-refractivity contribution in [2.45, 2.75) is 25.9 Å². The lowest BCUT2D eigenvalue weighted by Gasteiger charge is -2.31. The molecule has 2 nitrogen and oxygen atoms in total. The average Bonchev–Trinajstić information content (AvgIpc) is 2.33. The maximum atomic E-state index is 10.2. The van der Waals surface area contributed by atoms with E-state index in [-0.39, 0.29) is 6.10 Å². The molecule has 0 saturated carbocycles. The van der Waals surface area contributed by atoms with Crippen LogP contribution in [0.5, 0.6) is 0 Å². The van der Waals surface area contributed by atoms with Gasteiger partial charge < -0.3 is 10.4 Å². The van der Waals surface area contributed by atoms with Crippen LogP contribution in [0.15, 0.2) is 30.3 Å². The maximum absolute atomic E-state index is 10.2. The van der Waals surface area contributed by atoms with E-state index in [4.69, 9.17) is 0 Å². The lowest BCUT2D eigenvalue weighted by atomic mass is 9.82. The highest BCUT2D eigenvalue weighted by Gasteiger charge is 2.23. The number of aliphatic hydroxyl groups is 1. The van der Waals surface area contributed by atoms with Crippen molar-refractivity contribution in [3.63, 3.8) is 0 Å². The molecule has 2 heteroatoms. The maximum Gasteiger partial charge on any atom is 0.0792 e. The zero-order valence-corrected chi connectivity index (χ0v) is 9.89. The number of rotatable bonds is 3. The summed E-state index contributed by atoms with van der Waals surface area (Å²) >= 11 is 0. The molecular weight excluding hydrogens is 198 g/mol. The van der Waals surface area contributed by atoms with Crippen LogP contribution in [-0.4, -0.2) is 18.2 Å². The fourth-order valence-corrected chi connectivity index (χ4v) is 2.52. The predicted octanol–water partition coefficient (Wildman–Crippen LogP) is 2.36. The van der Waals surface area contributed by atoms with E-state index in [1.54, 1.807) is 0 Å². The second-order valence-electron chi connectivity index (χ2n) is 4.89. The zero-order chi connectivity index (χ0) is 11.4. The van der Waals surface area contributed by atoms with E-state index in [0.717, 1.165) is 25.1 Å². The minimum atomic E-state index is -0.299. The summed E-state index contributed by atoms with van der Waals surface area (Å²) in [7, 11) is 0. The fourth-order valence-electron chi connectivity index (χ4n) is 2.52. The van der Waals surface area contributed by atoms with Crippen molar-refractivity contribution in [2.75, 3.05) is 13.1 Å². The first-order valence-electron chi connectivity index (χ1n) is 6.21. The third kappa shape index (κ3) is 2.83. The SMILES string of the molecule is C[C@H]1CNCC[C@@H]1C[C@@H](O)c1ccccc1. The van der Waals surface area contributed by atoms with Crippen LogP contribution in [0.25, 0.3) is 0 Å². The highest BCUT2D eigenvalue weighted by atomic mass is 16.3. The van der Waals surface area contributed by atoms with Gasteiger partial charge in [0.15, 0.2) is 0 Å². The largest absolute Gasteiger partial charge is 0.388 e. The number of aliphatic hydroxyl groups excluding tert-OH is 1. The second-order valence-corrected chi connectivity index (χ2v) is 4.89. The van der Waals surface area contributed by atoms with Crippen LogP contribution in [-0.2, 0) is 0 Å². The molecule has 3 atom stereocenters. The summed E-state index contributed by atoms with van der Waals surface area (Å²) < 4.78 is 0. The molecule has 0 amide bonds. The zero-order valence-electron chi connectivity index (χ0n) is 9.89. The summed E-state index contributed by atoms with van der Waals surface area (Å²) in [6, 6.07) is 9.99. The Morgan fingerprint density at radius 3 is 2.81 bits per heavy atom. The van der Waals surface area contributed by atoms with Gasteiger partial charge >= 0.3 is 0 Å². The smallest absolute Gasteiger partial charge is 0.0792 e. The Bertz CT molecular complexity index is 312. The number of nitrogens with one attached hydrogen (secondary N) is 1. The molecule has 16 heavy (non-hydrogen) atoms. The lowest BCUT2D eigenvalue weighted by Crippen LogP contribution is -2.35. The van der Waals surface area contributed by atoms with Gasteiger partial charge in [-0.05, 0) is 43.3 Å². The normalized spacial score (nSPS) is 27.6. The molecule has 1 aromatic rings. The van der Waals surface area contributed by atoms with Gasteiger partial charge in [-0.3, -0.25) is 0 Å². The molecule has 1 saturated heterocycles. The number of hydrogen-bond donors (Lipinski definition) is 2. The monoisotopic (exact) mass is 219 g/mol. The van der Waals surface area contributed by atoms with E-state index >= 15 is 0 Å². The van der Waals surface area contributed by atoms with Gasteiger partial charge in [-0.2, -0.15) is 0 Å². The molecule has 0 radical (unpaired) electrons. The minimum Gasteiger partial charge on any atom is -0.388 e. The predicted molar refractivity (Wildman–Crippen MR) is 66.2 cm³/mol. The van der Waals surface area contributed by atoms with Gasteiger partial charge in [-0.1, -0.05) is 37.3 Å². The van der Waals surface area contributed by atoms with Crippen LogP contribution in [0.4, 0.5) is 0 Å². The summed E-state index contributed by atoms with van der Waals surface area (Å²) in [5, 5.41) is 13.6. The molecule has 1 aromatic carbocycles. The third-order valence-electron chi connectivity index (χ3n) is 3.67. The van der Waals surface area contributed by atoms with E-state index in [9.17, 15) is 5.11 Å². The summed E-state index contributed by atoms with van der Waals surface area (Å²) in [6.07, 6.45) is 1.78. The van der Waals surface area contributed by atoms with E-state index in [0.29, 0.717) is 11.8 Å². The standard InChI is InChI=1S/C14H21NO/c1-11-10-15-8-7-13(11)9-14(16)12-5-3-2-4-6-12/h2-6,11,13-16H,7-10H2,1H3/t11-,13+,14+/m0/s1. The van der Waals surface area contributed by atoms with Gasteiger partial charge in [0.1, 0.15) is 0 Å². The molecule has 0 bridgehead atoms. The summed E-state index contributed by atoms with van der Waals surface area (Å²) in [4.78, 5) is 0. The summed E-state index contributed by atoms with van der Waals surface area (Å²) in [6.45, 7) is 4.46. The van der Waals surface area contributed by atoms with Crippen LogP contribution in [0, 0.1) is 11.8 Å². The van der Waals surface area contributed by atoms with Gasteiger partial charge in [0.2, 0.25) is 0 Å². The van der Waals surface area contributed by atoms with Crippen molar-refractivity contribution in [2.24, 2.45) is 11.8 Å². The Morgan fingerprint density at radius 1 is 1.38 bits per heavy atom. The van der Waals surface area contributed by atoms with Gasteiger partial charge in [-0.25, -0.2) is 0 Å². The minimum absolute atomic E-state index is 0.299. The Balaban J connectivity index is 1.94. The first kappa shape index (κ1) is 11.6. The molecule has 0 aromatic heterocycles. The molecule has 1 aliphatic heterocycles. The highest BCUT2D eigenvalue weighted by molar-refractivity contribution is 5.17. The summed E-state index contributed by atoms with van der Waals surface area (Å²) in [5.74, 6) is 1.32. The Labute approximate surface area is 97.7 Å². The molecular formula is C14H21NO. The van der Waals surface area contributed by atoms with Crippen LogP contribution < -0.4 is 5.32 Å². The number of hydrogen-bond acceptors (Lipinski definition) is 2. The van der Waals surface area contributed by atoms with Crippen LogP contribution in [0.1, 0.15) is 31.4 Å². The van der Waals surface area contributed by atoms with Crippen molar-refractivity contribution in [3.05, 3.63) is 35.9 Å². The first-order chi connectivity index (χ1) is 7.77. The topological polar surface area (TPSA) is 32.3 Å². The molecule has 0 spiro atoms. The quantitative estimate of drug-likeness (QED) is 0.818. The number of piperidine rings is 1. The molecule has 0 aliphatic carbocycles. The van der Waals surface area contributed by atoms with Crippen molar-refractivity contribution in [3.8, 4) is 0 Å². The van der Waals surface area contributed by atoms with Crippen LogP contribution in [0.3, 0.4) is 0 Å². The van der Waals surface area contributed by atoms with E-state index in [1.165, 1.54) is 6.42 Å². The van der Waals surface area contributed by atoms with E-state index in [2.05, 4.69) is 12.2 Å². The van der Waals surface area contributed by atoms with E-state index in [1.807, 2.05) is 30.3 Å². The second kappa shape index (κ2) is 5.46. The highest BCUT2D eigenvalue weighted by Crippen LogP contribution is 2.29. The molecule has 88 valence electrons. The van der Waals surface area contributed by atoms with Crippen LogP contribution >= 0.6 is 0 Å². The molecule has 0 unspecified atom stereocenters. The molecule has 2 rings (SSSR count). The van der Waals surface area contributed by atoms with Gasteiger partial charge in [0.05, 0.1) is 6.10 Å². The molecule has 2 N–H and O–H groups in total. The first-order valence-corrected chi connectivity index (χ1v) is 6.21. The van der Waals surface area contributed by atoms with E-state index < -0.39 is 0 Å². The molecule has 1 aliphatic rings. The van der Waals surface area contributed by atoms with Gasteiger partial charge in [0.25, 0.3) is 0 Å². The average molecular weight is 219 g/mol. The van der Waals surface area contributed by atoms with Crippen LogP contribution in [0.2, 0.25) is 0 Å². The third-order valence-corrected chi connectivity index (χ3v) is 3.67. The summed E-state index contributed by atoms with van der Waals surface area (Å²) in [5.41, 5.74) is 1.05. The van der Waals surface area contributed by atoms with Crippen molar-refractivity contribution in [1.82, 2.24) is 5.32 Å². The Kier molecular flexibility index (Phi) is 3.97. The van der Waals surface area contributed by atoms with Crippen molar-refractivity contribution >= 4 is 0 Å². The molecule has 1 fully saturated rings. The molecule has 1 heterocycles. The van der Waals surface area contributed by atoms with Gasteiger partial charge in [0, 0.05) is 0 Å². The van der Waals surface area contributed by atoms with Gasteiger partial charge in [-0.15, -0.1) is 0 Å². The lowest BCUT2D eigenvalue weighted by molar-refractivity contribution is 0.115. The van der Waals surface area contributed by atoms with Crippen molar-refractivity contribution in [1.29, 1.82) is 0 Å². The van der Waals surface area contributed by atoms with Crippen molar-refractivity contribution < 1.29 is 5.11 Å². The Morgan fingerprint density at radius 2 is 2.12 bits per heavy atom. The Hall–Kier alpha value is -0.860. The number of benzene rings is 1.